The zero-order valence-corrected chi connectivity index (χ0v) is 10.3. The molecule has 0 spiro atoms. The summed E-state index contributed by atoms with van der Waals surface area (Å²) in [6, 6.07) is 0. The summed E-state index contributed by atoms with van der Waals surface area (Å²) in [5, 5.41) is 0. The van der Waals surface area contributed by atoms with Crippen molar-refractivity contribution in [2.45, 2.75) is 33.6 Å². The molecule has 0 radical (unpaired) electrons. The molecule has 0 N–H and O–H groups in total. The Morgan fingerprint density at radius 1 is 1.00 bits per heavy atom. The number of unbranched alkanes of at least 4 members (excludes halogenated alkanes) is 1. The van der Waals surface area contributed by atoms with Crippen LogP contribution in [0.5, 0.6) is 0 Å². The predicted molar refractivity (Wildman–Crippen MR) is 61.5 cm³/mol. The van der Waals surface area contributed by atoms with Crippen LogP contribution in [-0.4, -0.2) is 37.3 Å². The van der Waals surface area contributed by atoms with Gasteiger partial charge in [0.15, 0.2) is 0 Å². The summed E-state index contributed by atoms with van der Waals surface area (Å²) in [5.74, 6) is 0. The van der Waals surface area contributed by atoms with E-state index in [2.05, 4.69) is 38.8 Å². The molecule has 0 aromatic carbocycles. The van der Waals surface area contributed by atoms with E-state index in [1.807, 2.05) is 0 Å². The molecule has 0 heterocycles. The molecule has 0 saturated carbocycles. The van der Waals surface area contributed by atoms with E-state index in [4.69, 9.17) is 0 Å². The van der Waals surface area contributed by atoms with Gasteiger partial charge in [-0.25, -0.2) is 0 Å². The van der Waals surface area contributed by atoms with Gasteiger partial charge in [0, 0.05) is 13.1 Å². The van der Waals surface area contributed by atoms with Crippen molar-refractivity contribution in [2.24, 2.45) is 0 Å². The molecule has 0 unspecified atom stereocenters. The largest absolute Gasteiger partial charge is 0.181 e. The molecule has 0 aromatic heterocycles. The summed E-state index contributed by atoms with van der Waals surface area (Å²) < 4.78 is 2.66. The Labute approximate surface area is 78.9 Å². The highest BCUT2D eigenvalue weighted by Crippen LogP contribution is 2.55. The third-order valence-electron chi connectivity index (χ3n) is 2.55. The van der Waals surface area contributed by atoms with E-state index < -0.39 is 7.41 Å². The lowest BCUT2D eigenvalue weighted by atomic mass is 10.4. The average molecular weight is 190 g/mol. The highest BCUT2D eigenvalue weighted by Gasteiger charge is 2.30. The lowest BCUT2D eigenvalue weighted by molar-refractivity contribution is 0.497. The standard InChI is InChI=1S/C10H25NP/c1-6-9-10-12(4,5)11(7-2)8-3/h6-10H2,1-5H3/q+1. The first-order chi connectivity index (χ1) is 5.58. The monoisotopic (exact) mass is 190 g/mol. The second-order valence-electron chi connectivity index (χ2n) is 3.84. The minimum atomic E-state index is -0.736. The van der Waals surface area contributed by atoms with Gasteiger partial charge in [-0.3, -0.25) is 0 Å². The summed E-state index contributed by atoms with van der Waals surface area (Å²) in [7, 11) is -0.736. The normalized spacial score (nSPS) is 12.5. The summed E-state index contributed by atoms with van der Waals surface area (Å²) >= 11 is 0. The Morgan fingerprint density at radius 3 is 1.83 bits per heavy atom. The molecule has 0 amide bonds. The third kappa shape index (κ3) is 3.87. The highest BCUT2D eigenvalue weighted by molar-refractivity contribution is 7.72. The predicted octanol–water partition coefficient (Wildman–Crippen LogP) is 3.32. The van der Waals surface area contributed by atoms with Crippen molar-refractivity contribution in [3.8, 4) is 0 Å². The maximum atomic E-state index is 2.66. The zero-order chi connectivity index (χ0) is 9.61. The van der Waals surface area contributed by atoms with Crippen molar-refractivity contribution in [1.29, 1.82) is 0 Å². The van der Waals surface area contributed by atoms with Gasteiger partial charge in [-0.2, -0.15) is 4.67 Å². The maximum absolute atomic E-state index is 2.66. The molecular formula is C10H25NP+. The van der Waals surface area contributed by atoms with Gasteiger partial charge in [-0.1, -0.05) is 13.3 Å². The van der Waals surface area contributed by atoms with E-state index in [1.165, 1.54) is 32.1 Å². The SMILES string of the molecule is CCCC[P+](C)(C)N(CC)CC. The first-order valence-corrected chi connectivity index (χ1v) is 7.99. The van der Waals surface area contributed by atoms with Crippen molar-refractivity contribution < 1.29 is 0 Å². The smallest absolute Gasteiger partial charge is 0.0770 e. The Hall–Kier alpha value is 0.390. The van der Waals surface area contributed by atoms with Crippen LogP contribution in [0, 0.1) is 0 Å². The van der Waals surface area contributed by atoms with Gasteiger partial charge in [0.2, 0.25) is 0 Å². The Kier molecular flexibility index (Phi) is 6.13. The van der Waals surface area contributed by atoms with Crippen LogP contribution in [0.25, 0.3) is 0 Å². The van der Waals surface area contributed by atoms with Crippen molar-refractivity contribution in [2.75, 3.05) is 32.6 Å². The molecule has 0 bridgehead atoms. The Balaban J connectivity index is 3.96. The molecule has 12 heavy (non-hydrogen) atoms. The molecule has 0 fully saturated rings. The second kappa shape index (κ2) is 5.94. The van der Waals surface area contributed by atoms with E-state index in [-0.39, 0.29) is 0 Å². The van der Waals surface area contributed by atoms with Crippen molar-refractivity contribution in [3.63, 3.8) is 0 Å². The van der Waals surface area contributed by atoms with Crippen LogP contribution < -0.4 is 0 Å². The third-order valence-corrected chi connectivity index (χ3v) is 6.06. The van der Waals surface area contributed by atoms with Crippen molar-refractivity contribution in [1.82, 2.24) is 4.67 Å². The minimum absolute atomic E-state index is 0.736. The van der Waals surface area contributed by atoms with Gasteiger partial charge in [0.05, 0.1) is 26.9 Å². The number of nitrogens with zero attached hydrogens (tertiary/aromatic N) is 1. The van der Waals surface area contributed by atoms with Crippen LogP contribution >= 0.6 is 7.41 Å². The molecular weight excluding hydrogens is 165 g/mol. The molecule has 0 saturated heterocycles. The molecule has 74 valence electrons. The lowest BCUT2D eigenvalue weighted by Crippen LogP contribution is -2.24. The topological polar surface area (TPSA) is 3.24 Å². The number of hydrogen-bond donors (Lipinski definition) is 0. The number of rotatable bonds is 6. The van der Waals surface area contributed by atoms with Crippen molar-refractivity contribution in [3.05, 3.63) is 0 Å². The fourth-order valence-electron chi connectivity index (χ4n) is 1.68. The van der Waals surface area contributed by atoms with Gasteiger partial charge >= 0.3 is 0 Å². The Bertz CT molecular complexity index is 108. The molecule has 0 aliphatic heterocycles. The molecule has 0 aliphatic carbocycles. The molecule has 0 atom stereocenters. The minimum Gasteiger partial charge on any atom is -0.181 e. The van der Waals surface area contributed by atoms with E-state index in [9.17, 15) is 0 Å². The van der Waals surface area contributed by atoms with Gasteiger partial charge in [-0.15, -0.1) is 0 Å². The van der Waals surface area contributed by atoms with E-state index >= 15 is 0 Å². The summed E-state index contributed by atoms with van der Waals surface area (Å²) in [6.45, 7) is 14.2. The van der Waals surface area contributed by atoms with E-state index in [1.54, 1.807) is 0 Å². The first-order valence-electron chi connectivity index (χ1n) is 5.16. The molecule has 1 nitrogen and oxygen atoms in total. The van der Waals surface area contributed by atoms with E-state index in [0.717, 1.165) is 0 Å². The maximum Gasteiger partial charge on any atom is 0.0770 e. The lowest BCUT2D eigenvalue weighted by Gasteiger charge is -2.29. The van der Waals surface area contributed by atoms with Gasteiger partial charge in [0.1, 0.15) is 0 Å². The summed E-state index contributed by atoms with van der Waals surface area (Å²) in [6.07, 6.45) is 4.17. The van der Waals surface area contributed by atoms with Gasteiger partial charge in [-0.05, 0) is 20.3 Å². The number of hydrogen-bond acceptors (Lipinski definition) is 1. The zero-order valence-electron chi connectivity index (χ0n) is 9.43. The highest BCUT2D eigenvalue weighted by atomic mass is 31.2. The van der Waals surface area contributed by atoms with E-state index in [0.29, 0.717) is 0 Å². The summed E-state index contributed by atoms with van der Waals surface area (Å²) in [5.41, 5.74) is 0. The quantitative estimate of drug-likeness (QED) is 0.581. The molecule has 2 heteroatoms. The summed E-state index contributed by atoms with van der Waals surface area (Å²) in [4.78, 5) is 0. The second-order valence-corrected chi connectivity index (χ2v) is 8.09. The molecule has 0 rings (SSSR count). The fraction of sp³-hybridized carbons (Fsp3) is 1.00. The first kappa shape index (κ1) is 12.4. The Morgan fingerprint density at radius 2 is 1.50 bits per heavy atom. The van der Waals surface area contributed by atoms with Crippen LogP contribution in [0.1, 0.15) is 33.6 Å². The molecule has 0 aromatic rings. The van der Waals surface area contributed by atoms with Gasteiger partial charge in [0.25, 0.3) is 0 Å². The van der Waals surface area contributed by atoms with Gasteiger partial charge < -0.3 is 0 Å². The van der Waals surface area contributed by atoms with Crippen molar-refractivity contribution >= 4 is 7.41 Å². The average Bonchev–Trinajstić information content (AvgIpc) is 2.03. The fourth-order valence-corrected chi connectivity index (χ4v) is 4.58. The van der Waals surface area contributed by atoms with Crippen LogP contribution in [0.4, 0.5) is 0 Å². The van der Waals surface area contributed by atoms with Crippen LogP contribution in [0.2, 0.25) is 0 Å². The van der Waals surface area contributed by atoms with Crippen LogP contribution in [0.15, 0.2) is 0 Å². The molecule has 0 aliphatic rings. The van der Waals surface area contributed by atoms with Crippen LogP contribution in [-0.2, 0) is 0 Å². The van der Waals surface area contributed by atoms with Crippen LogP contribution in [0.3, 0.4) is 0 Å².